The molecule has 0 fully saturated rings. The molecule has 0 unspecified atom stereocenters. The van der Waals surface area contributed by atoms with Gasteiger partial charge in [0.2, 0.25) is 5.89 Å². The van der Waals surface area contributed by atoms with Gasteiger partial charge in [-0.3, -0.25) is 0 Å². The van der Waals surface area contributed by atoms with E-state index in [0.717, 1.165) is 0 Å². The lowest BCUT2D eigenvalue weighted by atomic mass is 9.94. The Morgan fingerprint density at radius 2 is 1.79 bits per heavy atom. The van der Waals surface area contributed by atoms with Gasteiger partial charge in [0, 0.05) is 11.5 Å². The number of rotatable bonds is 3. The summed E-state index contributed by atoms with van der Waals surface area (Å²) in [6.07, 6.45) is 1.59. The zero-order valence-corrected chi connectivity index (χ0v) is 15.0. The van der Waals surface area contributed by atoms with Crippen molar-refractivity contribution in [3.05, 3.63) is 36.0 Å². The zero-order chi connectivity index (χ0) is 17.5. The molecular formula is C17H21NO5S. The van der Waals surface area contributed by atoms with Crippen LogP contribution in [-0.2, 0) is 15.3 Å². The topological polar surface area (TPSA) is 78.6 Å². The lowest BCUT2D eigenvalue weighted by Gasteiger charge is -2.19. The standard InChI is InChI=1S/C17H21NO5S/c1-11(16-18-10-15(23-16)17(2,3)4)24(19,20)12-5-6-13-14(9-12)22-8-7-21-13/h5-6,9-11H,7-8H2,1-4H3/t11-/m1/s1. The number of aromatic nitrogens is 1. The molecule has 1 aliphatic heterocycles. The van der Waals surface area contributed by atoms with E-state index in [9.17, 15) is 8.42 Å². The van der Waals surface area contributed by atoms with Crippen molar-refractivity contribution in [2.45, 2.75) is 43.3 Å². The molecule has 0 N–H and O–H groups in total. The number of benzene rings is 1. The monoisotopic (exact) mass is 351 g/mol. The molecule has 0 aliphatic carbocycles. The van der Waals surface area contributed by atoms with Crippen molar-refractivity contribution < 1.29 is 22.3 Å². The first-order valence-corrected chi connectivity index (χ1v) is 9.34. The van der Waals surface area contributed by atoms with E-state index < -0.39 is 15.1 Å². The Morgan fingerprint density at radius 3 is 2.42 bits per heavy atom. The molecule has 1 atom stereocenters. The summed E-state index contributed by atoms with van der Waals surface area (Å²) in [4.78, 5) is 4.32. The second kappa shape index (κ2) is 5.81. The van der Waals surface area contributed by atoms with E-state index >= 15 is 0 Å². The number of hydrogen-bond donors (Lipinski definition) is 0. The third kappa shape index (κ3) is 3.00. The molecule has 0 bridgehead atoms. The summed E-state index contributed by atoms with van der Waals surface area (Å²) < 4.78 is 42.3. The van der Waals surface area contributed by atoms with Gasteiger partial charge in [0.05, 0.1) is 11.1 Å². The van der Waals surface area contributed by atoms with Crippen LogP contribution in [0.4, 0.5) is 0 Å². The minimum Gasteiger partial charge on any atom is -0.486 e. The van der Waals surface area contributed by atoms with Crippen molar-refractivity contribution in [3.63, 3.8) is 0 Å². The van der Waals surface area contributed by atoms with Gasteiger partial charge < -0.3 is 13.9 Å². The first-order chi connectivity index (χ1) is 11.2. The predicted octanol–water partition coefficient (Wildman–Crippen LogP) is 3.28. The maximum atomic E-state index is 12.9. The maximum absolute atomic E-state index is 12.9. The number of hydrogen-bond acceptors (Lipinski definition) is 6. The molecule has 2 aromatic rings. The van der Waals surface area contributed by atoms with Crippen molar-refractivity contribution in [2.75, 3.05) is 13.2 Å². The van der Waals surface area contributed by atoms with Gasteiger partial charge in [-0.15, -0.1) is 0 Å². The van der Waals surface area contributed by atoms with Crippen LogP contribution in [0.15, 0.2) is 33.7 Å². The number of ether oxygens (including phenoxy) is 2. The Bertz CT molecular complexity index is 848. The van der Waals surface area contributed by atoms with E-state index in [0.29, 0.717) is 30.5 Å². The second-order valence-electron chi connectivity index (χ2n) is 6.81. The van der Waals surface area contributed by atoms with Crippen molar-refractivity contribution in [1.29, 1.82) is 0 Å². The Hall–Kier alpha value is -2.02. The minimum atomic E-state index is -3.65. The van der Waals surface area contributed by atoms with Crippen LogP contribution in [0.3, 0.4) is 0 Å². The summed E-state index contributed by atoms with van der Waals surface area (Å²) in [7, 11) is -3.65. The smallest absolute Gasteiger partial charge is 0.212 e. The number of nitrogens with zero attached hydrogens (tertiary/aromatic N) is 1. The Balaban J connectivity index is 1.94. The summed E-state index contributed by atoms with van der Waals surface area (Å²) in [5, 5.41) is -0.892. The minimum absolute atomic E-state index is 0.162. The molecular weight excluding hydrogens is 330 g/mol. The van der Waals surface area contributed by atoms with Crippen LogP contribution >= 0.6 is 0 Å². The Labute approximate surface area is 141 Å². The average Bonchev–Trinajstić information content (AvgIpc) is 3.03. The third-order valence-corrected chi connectivity index (χ3v) is 5.96. The van der Waals surface area contributed by atoms with Crippen LogP contribution in [0.1, 0.15) is 44.6 Å². The molecule has 130 valence electrons. The number of oxazole rings is 1. The van der Waals surface area contributed by atoms with Gasteiger partial charge in [-0.2, -0.15) is 0 Å². The van der Waals surface area contributed by atoms with Crippen molar-refractivity contribution >= 4 is 9.84 Å². The lowest BCUT2D eigenvalue weighted by molar-refractivity contribution is 0.171. The van der Waals surface area contributed by atoms with Crippen molar-refractivity contribution in [1.82, 2.24) is 4.98 Å². The van der Waals surface area contributed by atoms with Crippen LogP contribution in [0.2, 0.25) is 0 Å². The molecule has 24 heavy (non-hydrogen) atoms. The quantitative estimate of drug-likeness (QED) is 0.844. The van der Waals surface area contributed by atoms with E-state index in [2.05, 4.69) is 4.98 Å². The van der Waals surface area contributed by atoms with Gasteiger partial charge in [0.25, 0.3) is 0 Å². The van der Waals surface area contributed by atoms with Gasteiger partial charge in [0.15, 0.2) is 21.3 Å². The molecule has 0 radical (unpaired) electrons. The fourth-order valence-corrected chi connectivity index (χ4v) is 3.67. The SMILES string of the molecule is C[C@H](c1ncc(C(C)(C)C)o1)S(=O)(=O)c1ccc2c(c1)OCCO2. The fraction of sp³-hybridized carbons (Fsp3) is 0.471. The highest BCUT2D eigenvalue weighted by molar-refractivity contribution is 7.91. The van der Waals surface area contributed by atoms with E-state index in [1.165, 1.54) is 12.1 Å². The first kappa shape index (κ1) is 16.8. The summed E-state index contributed by atoms with van der Waals surface area (Å²) in [5.41, 5.74) is -0.230. The molecule has 6 nitrogen and oxygen atoms in total. The third-order valence-electron chi connectivity index (χ3n) is 3.92. The molecule has 0 spiro atoms. The van der Waals surface area contributed by atoms with E-state index in [-0.39, 0.29) is 16.2 Å². The Kier molecular flexibility index (Phi) is 4.07. The van der Waals surface area contributed by atoms with Gasteiger partial charge in [-0.05, 0) is 19.1 Å². The van der Waals surface area contributed by atoms with Crippen molar-refractivity contribution in [2.24, 2.45) is 0 Å². The molecule has 0 saturated heterocycles. The molecule has 0 amide bonds. The zero-order valence-electron chi connectivity index (χ0n) is 14.2. The highest BCUT2D eigenvalue weighted by atomic mass is 32.2. The lowest BCUT2D eigenvalue weighted by Crippen LogP contribution is -2.16. The Morgan fingerprint density at radius 1 is 1.12 bits per heavy atom. The molecule has 1 aliphatic rings. The second-order valence-corrected chi connectivity index (χ2v) is 9.07. The highest BCUT2D eigenvalue weighted by Gasteiger charge is 2.31. The predicted molar refractivity (Wildman–Crippen MR) is 88.2 cm³/mol. The number of sulfone groups is 1. The summed E-state index contributed by atoms with van der Waals surface area (Å²) in [6.45, 7) is 8.39. The van der Waals surface area contributed by atoms with Crippen LogP contribution < -0.4 is 9.47 Å². The van der Waals surface area contributed by atoms with Crippen LogP contribution in [0, 0.1) is 0 Å². The average molecular weight is 351 g/mol. The molecule has 7 heteroatoms. The number of fused-ring (bicyclic) bond motifs is 1. The van der Waals surface area contributed by atoms with Crippen molar-refractivity contribution in [3.8, 4) is 11.5 Å². The van der Waals surface area contributed by atoms with Gasteiger partial charge in [-0.25, -0.2) is 13.4 Å². The molecule has 1 aromatic heterocycles. The normalized spacial score (nSPS) is 16.0. The van der Waals surface area contributed by atoms with Crippen LogP contribution in [-0.4, -0.2) is 26.6 Å². The maximum Gasteiger partial charge on any atom is 0.212 e. The van der Waals surface area contributed by atoms with E-state index in [1.54, 1.807) is 19.2 Å². The molecule has 0 saturated carbocycles. The van der Waals surface area contributed by atoms with Crippen LogP contribution in [0.25, 0.3) is 0 Å². The molecule has 2 heterocycles. The highest BCUT2D eigenvalue weighted by Crippen LogP contribution is 2.36. The van der Waals surface area contributed by atoms with E-state index in [4.69, 9.17) is 13.9 Å². The summed E-state index contributed by atoms with van der Waals surface area (Å²) in [6, 6.07) is 4.63. The first-order valence-electron chi connectivity index (χ1n) is 7.79. The largest absolute Gasteiger partial charge is 0.486 e. The summed E-state index contributed by atoms with van der Waals surface area (Å²) >= 11 is 0. The van der Waals surface area contributed by atoms with Gasteiger partial charge >= 0.3 is 0 Å². The van der Waals surface area contributed by atoms with Gasteiger partial charge in [-0.1, -0.05) is 20.8 Å². The fourth-order valence-electron chi connectivity index (χ4n) is 2.36. The molecule has 3 rings (SSSR count). The van der Waals surface area contributed by atoms with Gasteiger partial charge in [0.1, 0.15) is 24.2 Å². The van der Waals surface area contributed by atoms with Crippen LogP contribution in [0.5, 0.6) is 11.5 Å². The molecule has 1 aromatic carbocycles. The summed E-state index contributed by atoms with van der Waals surface area (Å²) in [5.74, 6) is 1.84. The van der Waals surface area contributed by atoms with E-state index in [1.807, 2.05) is 20.8 Å².